The lowest BCUT2D eigenvalue weighted by molar-refractivity contribution is -0.125. The Kier molecular flexibility index (Phi) is 4.01. The van der Waals surface area contributed by atoms with E-state index in [1.807, 2.05) is 12.1 Å². The Labute approximate surface area is 111 Å². The highest BCUT2D eigenvalue weighted by atomic mass is 16.5. The summed E-state index contributed by atoms with van der Waals surface area (Å²) in [5.74, 6) is 0.854. The fraction of sp³-hybridized carbons (Fsp3) is 0.385. The average molecular weight is 264 g/mol. The zero-order chi connectivity index (χ0) is 13.8. The molecule has 0 radical (unpaired) electrons. The predicted molar refractivity (Wildman–Crippen MR) is 67.9 cm³/mol. The molecule has 1 aliphatic rings. The molecule has 102 valence electrons. The highest BCUT2D eigenvalue weighted by Crippen LogP contribution is 2.24. The van der Waals surface area contributed by atoms with Gasteiger partial charge in [-0.1, -0.05) is 6.07 Å². The number of imide groups is 1. The van der Waals surface area contributed by atoms with E-state index in [9.17, 15) is 9.59 Å². The Morgan fingerprint density at radius 2 is 2.11 bits per heavy atom. The molecule has 1 heterocycles. The molecule has 2 amide bonds. The second-order valence-corrected chi connectivity index (χ2v) is 4.23. The van der Waals surface area contributed by atoms with E-state index in [-0.39, 0.29) is 18.2 Å². The molecule has 1 aromatic carbocycles. The van der Waals surface area contributed by atoms with Gasteiger partial charge in [-0.15, -0.1) is 0 Å². The molecule has 19 heavy (non-hydrogen) atoms. The molecule has 1 unspecified atom stereocenters. The van der Waals surface area contributed by atoms with Crippen molar-refractivity contribution in [2.24, 2.45) is 0 Å². The summed E-state index contributed by atoms with van der Waals surface area (Å²) in [6.45, 7) is 0.443. The van der Waals surface area contributed by atoms with E-state index in [2.05, 4.69) is 10.6 Å². The number of amides is 2. The van der Waals surface area contributed by atoms with Crippen molar-refractivity contribution in [2.45, 2.75) is 19.0 Å². The number of hydrogen-bond acceptors (Lipinski definition) is 5. The van der Waals surface area contributed by atoms with Crippen LogP contribution in [0.3, 0.4) is 0 Å². The molecule has 1 aliphatic heterocycles. The van der Waals surface area contributed by atoms with E-state index >= 15 is 0 Å². The molecule has 0 bridgehead atoms. The Balaban J connectivity index is 2.03. The Hall–Kier alpha value is -2.08. The zero-order valence-electron chi connectivity index (χ0n) is 10.9. The molecule has 1 atom stereocenters. The molecule has 0 aliphatic carbocycles. The van der Waals surface area contributed by atoms with E-state index in [1.165, 1.54) is 0 Å². The molecule has 1 saturated heterocycles. The molecule has 0 aromatic heterocycles. The van der Waals surface area contributed by atoms with Crippen LogP contribution in [0.1, 0.15) is 12.0 Å². The molecular formula is C13H16N2O4. The number of methoxy groups -OCH3 is 2. The zero-order valence-corrected chi connectivity index (χ0v) is 10.9. The molecule has 2 N–H and O–H groups in total. The van der Waals surface area contributed by atoms with Crippen LogP contribution in [0.4, 0.5) is 0 Å². The fourth-order valence-corrected chi connectivity index (χ4v) is 1.95. The predicted octanol–water partition coefficient (Wildman–Crippen LogP) is 0.208. The number of carbonyl (C=O) groups excluding carboxylic acids is 2. The van der Waals surface area contributed by atoms with Crippen molar-refractivity contribution in [2.75, 3.05) is 14.2 Å². The van der Waals surface area contributed by atoms with Crippen molar-refractivity contribution in [3.8, 4) is 11.5 Å². The first-order valence-electron chi connectivity index (χ1n) is 5.92. The Bertz CT molecular complexity index is 501. The quantitative estimate of drug-likeness (QED) is 0.743. The van der Waals surface area contributed by atoms with Crippen LogP contribution in [-0.2, 0) is 16.1 Å². The SMILES string of the molecule is COc1ccc(CNC2CC(=O)NC2=O)c(OC)c1. The Morgan fingerprint density at radius 3 is 2.68 bits per heavy atom. The third kappa shape index (κ3) is 3.03. The second kappa shape index (κ2) is 5.71. The normalized spacial score (nSPS) is 18.3. The van der Waals surface area contributed by atoms with E-state index in [4.69, 9.17) is 9.47 Å². The lowest BCUT2D eigenvalue weighted by Gasteiger charge is -2.13. The maximum Gasteiger partial charge on any atom is 0.244 e. The van der Waals surface area contributed by atoms with Crippen molar-refractivity contribution >= 4 is 11.8 Å². The summed E-state index contributed by atoms with van der Waals surface area (Å²) >= 11 is 0. The van der Waals surface area contributed by atoms with E-state index in [0.29, 0.717) is 18.0 Å². The summed E-state index contributed by atoms with van der Waals surface area (Å²) in [6.07, 6.45) is 0.178. The highest BCUT2D eigenvalue weighted by Gasteiger charge is 2.29. The third-order valence-corrected chi connectivity index (χ3v) is 3.00. The average Bonchev–Trinajstić information content (AvgIpc) is 2.74. The van der Waals surface area contributed by atoms with Crippen LogP contribution >= 0.6 is 0 Å². The van der Waals surface area contributed by atoms with Gasteiger partial charge in [-0.25, -0.2) is 0 Å². The van der Waals surface area contributed by atoms with Crippen molar-refractivity contribution < 1.29 is 19.1 Å². The first kappa shape index (κ1) is 13.4. The molecule has 0 spiro atoms. The molecule has 6 nitrogen and oxygen atoms in total. The van der Waals surface area contributed by atoms with Gasteiger partial charge in [0.25, 0.3) is 0 Å². The first-order chi connectivity index (χ1) is 9.13. The maximum absolute atomic E-state index is 11.4. The molecule has 1 fully saturated rings. The number of benzene rings is 1. The van der Waals surface area contributed by atoms with Crippen LogP contribution < -0.4 is 20.1 Å². The summed E-state index contributed by atoms with van der Waals surface area (Å²) in [4.78, 5) is 22.5. The van der Waals surface area contributed by atoms with E-state index in [0.717, 1.165) is 5.56 Å². The number of rotatable bonds is 5. The van der Waals surface area contributed by atoms with Gasteiger partial charge in [0.15, 0.2) is 0 Å². The third-order valence-electron chi connectivity index (χ3n) is 3.00. The maximum atomic E-state index is 11.4. The molecule has 0 saturated carbocycles. The van der Waals surface area contributed by atoms with Gasteiger partial charge in [0.05, 0.1) is 26.7 Å². The minimum absolute atomic E-state index is 0.178. The summed E-state index contributed by atoms with van der Waals surface area (Å²) in [7, 11) is 3.16. The van der Waals surface area contributed by atoms with Gasteiger partial charge in [-0.05, 0) is 6.07 Å². The van der Waals surface area contributed by atoms with Crippen molar-refractivity contribution in [1.82, 2.24) is 10.6 Å². The first-order valence-corrected chi connectivity index (χ1v) is 5.92. The van der Waals surface area contributed by atoms with Crippen LogP contribution in [0.5, 0.6) is 11.5 Å². The summed E-state index contributed by atoms with van der Waals surface area (Å²) in [5, 5.41) is 5.29. The lowest BCUT2D eigenvalue weighted by atomic mass is 10.1. The van der Waals surface area contributed by atoms with Crippen LogP contribution in [0.25, 0.3) is 0 Å². The van der Waals surface area contributed by atoms with E-state index < -0.39 is 6.04 Å². The van der Waals surface area contributed by atoms with E-state index in [1.54, 1.807) is 20.3 Å². The smallest absolute Gasteiger partial charge is 0.244 e. The number of nitrogens with one attached hydrogen (secondary N) is 2. The minimum Gasteiger partial charge on any atom is -0.497 e. The summed E-state index contributed by atoms with van der Waals surface area (Å²) in [6, 6.07) is 4.98. The topological polar surface area (TPSA) is 76.7 Å². The molecule has 6 heteroatoms. The van der Waals surface area contributed by atoms with Gasteiger partial charge in [-0.3, -0.25) is 14.9 Å². The Morgan fingerprint density at radius 1 is 1.32 bits per heavy atom. The van der Waals surface area contributed by atoms with Crippen LogP contribution in [-0.4, -0.2) is 32.1 Å². The fourth-order valence-electron chi connectivity index (χ4n) is 1.95. The number of carbonyl (C=O) groups is 2. The van der Waals surface area contributed by atoms with Crippen molar-refractivity contribution in [3.63, 3.8) is 0 Å². The molecule has 2 rings (SSSR count). The van der Waals surface area contributed by atoms with Gasteiger partial charge in [0, 0.05) is 18.2 Å². The molecule has 1 aromatic rings. The minimum atomic E-state index is -0.473. The van der Waals surface area contributed by atoms with Gasteiger partial charge in [0.1, 0.15) is 11.5 Å². The summed E-state index contributed by atoms with van der Waals surface area (Å²) < 4.78 is 10.4. The number of hydrogen-bond donors (Lipinski definition) is 2. The monoisotopic (exact) mass is 264 g/mol. The van der Waals surface area contributed by atoms with Crippen molar-refractivity contribution in [3.05, 3.63) is 23.8 Å². The standard InChI is InChI=1S/C13H16N2O4/c1-18-9-4-3-8(11(5-9)19-2)7-14-10-6-12(16)15-13(10)17/h3-5,10,14H,6-7H2,1-2H3,(H,15,16,17). The van der Waals surface area contributed by atoms with Crippen LogP contribution in [0.15, 0.2) is 18.2 Å². The van der Waals surface area contributed by atoms with Crippen LogP contribution in [0, 0.1) is 0 Å². The van der Waals surface area contributed by atoms with Gasteiger partial charge < -0.3 is 14.8 Å². The van der Waals surface area contributed by atoms with Crippen LogP contribution in [0.2, 0.25) is 0 Å². The second-order valence-electron chi connectivity index (χ2n) is 4.23. The largest absolute Gasteiger partial charge is 0.497 e. The van der Waals surface area contributed by atoms with Gasteiger partial charge >= 0.3 is 0 Å². The molecular weight excluding hydrogens is 248 g/mol. The van der Waals surface area contributed by atoms with Gasteiger partial charge in [-0.2, -0.15) is 0 Å². The summed E-state index contributed by atoms with van der Waals surface area (Å²) in [5.41, 5.74) is 0.899. The highest BCUT2D eigenvalue weighted by molar-refractivity contribution is 6.05. The van der Waals surface area contributed by atoms with Crippen molar-refractivity contribution in [1.29, 1.82) is 0 Å². The lowest BCUT2D eigenvalue weighted by Crippen LogP contribution is -2.35. The van der Waals surface area contributed by atoms with Gasteiger partial charge in [0.2, 0.25) is 11.8 Å². The number of ether oxygens (including phenoxy) is 2.